The van der Waals surface area contributed by atoms with Crippen molar-refractivity contribution in [1.29, 1.82) is 0 Å². The van der Waals surface area contributed by atoms with Crippen LogP contribution in [0.3, 0.4) is 0 Å². The van der Waals surface area contributed by atoms with Gasteiger partial charge in [-0.05, 0) is 13.1 Å². The summed E-state index contributed by atoms with van der Waals surface area (Å²) in [6, 6.07) is 0. The van der Waals surface area contributed by atoms with Crippen LogP contribution in [-0.4, -0.2) is 12.1 Å². The summed E-state index contributed by atoms with van der Waals surface area (Å²) in [7, 11) is 2.44. The van der Waals surface area contributed by atoms with Crippen molar-refractivity contribution in [3.63, 3.8) is 0 Å². The second kappa shape index (κ2) is 3.62. The van der Waals surface area contributed by atoms with E-state index in [1.807, 2.05) is 0 Å². The third-order valence-electron chi connectivity index (χ3n) is 0.885. The van der Waals surface area contributed by atoms with Gasteiger partial charge < -0.3 is 5.73 Å². The molecule has 0 saturated carbocycles. The van der Waals surface area contributed by atoms with Gasteiger partial charge in [-0.25, -0.2) is 0 Å². The quantitative estimate of drug-likeness (QED) is 0.425. The minimum Gasteiger partial charge on any atom is -0.366 e. The fourth-order valence-electron chi connectivity index (χ4n) is 0.361. The Balaban J connectivity index is 3.92. The van der Waals surface area contributed by atoms with Gasteiger partial charge in [0.15, 0.2) is 0 Å². The van der Waals surface area contributed by atoms with Crippen molar-refractivity contribution < 1.29 is 4.79 Å². The highest BCUT2D eigenvalue weighted by Gasteiger charge is 1.96. The molecule has 0 saturated heterocycles. The number of primary amides is 1. The van der Waals surface area contributed by atoms with Crippen molar-refractivity contribution in [3.05, 3.63) is 11.6 Å². The van der Waals surface area contributed by atoms with Crippen LogP contribution < -0.4 is 5.73 Å². The minimum atomic E-state index is -0.331. The summed E-state index contributed by atoms with van der Waals surface area (Å²) in [6.07, 6.45) is 2.36. The Hall–Kier alpha value is -0.360. The molecule has 0 aromatic carbocycles. The predicted octanol–water partition coefficient (Wildman–Crippen LogP) is 0.293. The van der Waals surface area contributed by atoms with Crippen LogP contribution in [0.2, 0.25) is 0 Å². The lowest BCUT2D eigenvalue weighted by atomic mass is 10.3. The summed E-state index contributed by atoms with van der Waals surface area (Å²) < 4.78 is 0. The monoisotopic (exact) mass is 131 g/mol. The zero-order valence-electron chi connectivity index (χ0n) is 4.85. The van der Waals surface area contributed by atoms with Crippen LogP contribution in [0, 0.1) is 0 Å². The summed E-state index contributed by atoms with van der Waals surface area (Å²) in [5.41, 5.74) is 5.60. The summed E-state index contributed by atoms with van der Waals surface area (Å²) in [4.78, 5) is 10.3. The lowest BCUT2D eigenvalue weighted by molar-refractivity contribution is -0.114. The predicted molar refractivity (Wildman–Crippen MR) is 37.5 cm³/mol. The highest BCUT2D eigenvalue weighted by atomic mass is 31.0. The van der Waals surface area contributed by atoms with Gasteiger partial charge in [0.05, 0.1) is 0 Å². The van der Waals surface area contributed by atoms with Gasteiger partial charge in [0.1, 0.15) is 0 Å². The molecule has 0 aliphatic heterocycles. The summed E-state index contributed by atoms with van der Waals surface area (Å²) in [5.74, 6) is -0.331. The van der Waals surface area contributed by atoms with E-state index in [0.717, 1.165) is 0 Å². The molecule has 1 amide bonds. The zero-order valence-corrected chi connectivity index (χ0v) is 6.00. The van der Waals surface area contributed by atoms with E-state index in [9.17, 15) is 4.79 Å². The van der Waals surface area contributed by atoms with Crippen LogP contribution >= 0.6 is 9.24 Å². The molecule has 0 aliphatic carbocycles. The summed E-state index contributed by atoms with van der Waals surface area (Å²) in [5, 5.41) is 0. The molecule has 8 heavy (non-hydrogen) atoms. The zero-order chi connectivity index (χ0) is 6.57. The van der Waals surface area contributed by atoms with Gasteiger partial charge in [-0.1, -0.05) is 6.08 Å². The molecule has 0 heterocycles. The number of carbonyl (C=O) groups excluding carboxylic acids is 1. The van der Waals surface area contributed by atoms with Crippen molar-refractivity contribution in [3.8, 4) is 0 Å². The first-order chi connectivity index (χ1) is 3.72. The molecule has 0 radical (unpaired) electrons. The first-order valence-corrected chi connectivity index (χ1v) is 3.19. The van der Waals surface area contributed by atoms with Crippen molar-refractivity contribution in [2.75, 3.05) is 6.16 Å². The van der Waals surface area contributed by atoms with Gasteiger partial charge in [0, 0.05) is 5.57 Å². The van der Waals surface area contributed by atoms with E-state index in [-0.39, 0.29) is 5.91 Å². The fourth-order valence-corrected chi connectivity index (χ4v) is 0.798. The van der Waals surface area contributed by atoms with Crippen molar-refractivity contribution >= 4 is 15.1 Å². The van der Waals surface area contributed by atoms with E-state index in [0.29, 0.717) is 11.7 Å². The Kier molecular flexibility index (Phi) is 3.46. The number of carbonyl (C=O) groups is 1. The minimum absolute atomic E-state index is 0.331. The SMILES string of the molecule is CC=C(CP)C(N)=O. The van der Waals surface area contributed by atoms with Crippen molar-refractivity contribution in [2.24, 2.45) is 5.73 Å². The van der Waals surface area contributed by atoms with E-state index < -0.39 is 0 Å². The number of rotatable bonds is 2. The van der Waals surface area contributed by atoms with Gasteiger partial charge in [0.25, 0.3) is 0 Å². The van der Waals surface area contributed by atoms with E-state index in [2.05, 4.69) is 9.24 Å². The fraction of sp³-hybridized carbons (Fsp3) is 0.400. The van der Waals surface area contributed by atoms with E-state index in [4.69, 9.17) is 5.73 Å². The molecule has 0 fully saturated rings. The largest absolute Gasteiger partial charge is 0.366 e. The molecule has 1 unspecified atom stereocenters. The molecule has 0 aromatic heterocycles. The molecular formula is C5H10NOP. The summed E-state index contributed by atoms with van der Waals surface area (Å²) in [6.45, 7) is 1.80. The molecule has 2 nitrogen and oxygen atoms in total. The molecule has 0 aliphatic rings. The molecule has 0 spiro atoms. The van der Waals surface area contributed by atoms with E-state index in [1.54, 1.807) is 13.0 Å². The van der Waals surface area contributed by atoms with Crippen LogP contribution in [0.5, 0.6) is 0 Å². The molecule has 0 bridgehead atoms. The Morgan fingerprint density at radius 1 is 1.88 bits per heavy atom. The van der Waals surface area contributed by atoms with Crippen LogP contribution in [-0.2, 0) is 4.79 Å². The lowest BCUT2D eigenvalue weighted by Crippen LogP contribution is -2.14. The Morgan fingerprint density at radius 3 is 2.38 bits per heavy atom. The average molecular weight is 131 g/mol. The number of allylic oxidation sites excluding steroid dienone is 1. The number of amides is 1. The maximum atomic E-state index is 10.3. The topological polar surface area (TPSA) is 43.1 Å². The normalized spacial score (nSPS) is 11.5. The van der Waals surface area contributed by atoms with E-state index >= 15 is 0 Å². The second-order valence-corrected chi connectivity index (χ2v) is 1.79. The third kappa shape index (κ3) is 2.08. The maximum absolute atomic E-state index is 10.3. The number of hydrogen-bond acceptors (Lipinski definition) is 1. The van der Waals surface area contributed by atoms with Crippen LogP contribution in [0.4, 0.5) is 0 Å². The van der Waals surface area contributed by atoms with Crippen LogP contribution in [0.15, 0.2) is 11.6 Å². The third-order valence-corrected chi connectivity index (χ3v) is 1.32. The summed E-state index contributed by atoms with van der Waals surface area (Å²) >= 11 is 0. The molecule has 1 atom stereocenters. The average Bonchev–Trinajstić information content (AvgIpc) is 1.69. The van der Waals surface area contributed by atoms with Gasteiger partial charge in [-0.3, -0.25) is 4.79 Å². The van der Waals surface area contributed by atoms with Gasteiger partial charge in [-0.2, -0.15) is 0 Å². The molecule has 0 rings (SSSR count). The Labute approximate surface area is 51.3 Å². The number of hydrogen-bond donors (Lipinski definition) is 1. The van der Waals surface area contributed by atoms with Crippen molar-refractivity contribution in [2.45, 2.75) is 6.92 Å². The number of nitrogens with two attached hydrogens (primary N) is 1. The highest BCUT2D eigenvalue weighted by molar-refractivity contribution is 7.17. The first-order valence-electron chi connectivity index (χ1n) is 2.37. The molecule has 0 aromatic rings. The molecule has 3 heteroatoms. The molecule has 2 N–H and O–H groups in total. The van der Waals surface area contributed by atoms with E-state index in [1.165, 1.54) is 0 Å². The molecular weight excluding hydrogens is 121 g/mol. The maximum Gasteiger partial charge on any atom is 0.244 e. The van der Waals surface area contributed by atoms with Crippen LogP contribution in [0.1, 0.15) is 6.92 Å². The van der Waals surface area contributed by atoms with Gasteiger partial charge in [0.2, 0.25) is 5.91 Å². The first kappa shape index (κ1) is 7.64. The van der Waals surface area contributed by atoms with Crippen molar-refractivity contribution in [1.82, 2.24) is 0 Å². The van der Waals surface area contributed by atoms with Crippen LogP contribution in [0.25, 0.3) is 0 Å². The second-order valence-electron chi connectivity index (χ2n) is 1.38. The smallest absolute Gasteiger partial charge is 0.244 e. The lowest BCUT2D eigenvalue weighted by Gasteiger charge is -1.92. The molecule has 46 valence electrons. The Morgan fingerprint density at radius 2 is 2.38 bits per heavy atom. The van der Waals surface area contributed by atoms with Gasteiger partial charge >= 0.3 is 0 Å². The standard InChI is InChI=1S/C5H10NOP/c1-2-4(3-8)5(6)7/h2H,3,8H2,1H3,(H2,6,7). The van der Waals surface area contributed by atoms with Gasteiger partial charge in [-0.15, -0.1) is 9.24 Å². The Bertz CT molecular complexity index is 120. The highest BCUT2D eigenvalue weighted by Crippen LogP contribution is 1.96.